The molecule has 1 aromatic rings. The van der Waals surface area contributed by atoms with E-state index in [9.17, 15) is 18.0 Å². The fraction of sp³-hybridized carbons (Fsp3) is 0.579. The van der Waals surface area contributed by atoms with Crippen LogP contribution in [0.5, 0.6) is 0 Å². The number of carbonyl (C=O) groups is 2. The Balaban J connectivity index is 1.51. The van der Waals surface area contributed by atoms with Crippen LogP contribution in [0, 0.1) is 0 Å². The predicted molar refractivity (Wildman–Crippen MR) is 103 cm³/mol. The molecular formula is C19H25N3O5S. The number of ether oxygens (including phenoxy) is 1. The van der Waals surface area contributed by atoms with Crippen LogP contribution < -0.4 is 4.90 Å². The van der Waals surface area contributed by atoms with Gasteiger partial charge in [-0.2, -0.15) is 4.31 Å². The van der Waals surface area contributed by atoms with Gasteiger partial charge in [-0.25, -0.2) is 8.42 Å². The van der Waals surface area contributed by atoms with Crippen molar-refractivity contribution in [3.05, 3.63) is 23.3 Å². The van der Waals surface area contributed by atoms with Crippen molar-refractivity contribution in [2.24, 2.45) is 0 Å². The molecule has 1 saturated heterocycles. The minimum atomic E-state index is -3.63. The number of hydrogen-bond donors (Lipinski definition) is 0. The topological polar surface area (TPSA) is 87.2 Å². The Hall–Kier alpha value is -1.97. The number of anilines is 1. The van der Waals surface area contributed by atoms with E-state index in [2.05, 4.69) is 0 Å². The van der Waals surface area contributed by atoms with E-state index in [1.54, 1.807) is 21.9 Å². The highest BCUT2D eigenvalue weighted by Crippen LogP contribution is 2.38. The molecule has 0 unspecified atom stereocenters. The van der Waals surface area contributed by atoms with Gasteiger partial charge in [-0.15, -0.1) is 0 Å². The van der Waals surface area contributed by atoms with Crippen molar-refractivity contribution in [1.29, 1.82) is 0 Å². The molecule has 9 heteroatoms. The third-order valence-corrected chi connectivity index (χ3v) is 7.56. The van der Waals surface area contributed by atoms with Gasteiger partial charge in [0.2, 0.25) is 21.8 Å². The van der Waals surface area contributed by atoms with Crippen molar-refractivity contribution in [1.82, 2.24) is 9.21 Å². The summed E-state index contributed by atoms with van der Waals surface area (Å²) in [5.41, 5.74) is 2.80. The largest absolute Gasteiger partial charge is 0.372 e. The second-order valence-electron chi connectivity index (χ2n) is 7.31. The summed E-state index contributed by atoms with van der Waals surface area (Å²) in [6, 6.07) is 3.45. The lowest BCUT2D eigenvalue weighted by Gasteiger charge is -2.34. The van der Waals surface area contributed by atoms with Gasteiger partial charge >= 0.3 is 0 Å². The minimum Gasteiger partial charge on any atom is -0.372 e. The third kappa shape index (κ3) is 3.31. The molecule has 0 atom stereocenters. The van der Waals surface area contributed by atoms with Crippen LogP contribution in [0.25, 0.3) is 0 Å². The van der Waals surface area contributed by atoms with Gasteiger partial charge in [-0.05, 0) is 43.0 Å². The van der Waals surface area contributed by atoms with Crippen LogP contribution in [-0.4, -0.2) is 75.4 Å². The molecular weight excluding hydrogens is 382 g/mol. The summed E-state index contributed by atoms with van der Waals surface area (Å²) in [5.74, 6) is 0.0142. The molecule has 1 fully saturated rings. The average Bonchev–Trinajstić information content (AvgIpc) is 3.14. The molecule has 0 spiro atoms. The van der Waals surface area contributed by atoms with Gasteiger partial charge in [0.1, 0.15) is 6.61 Å². The lowest BCUT2D eigenvalue weighted by Crippen LogP contribution is -2.51. The molecule has 8 nitrogen and oxygen atoms in total. The Kier molecular flexibility index (Phi) is 5.15. The summed E-state index contributed by atoms with van der Waals surface area (Å²) in [6.45, 7) is 4.25. The van der Waals surface area contributed by atoms with Gasteiger partial charge in [0.15, 0.2) is 0 Å². The lowest BCUT2D eigenvalue weighted by molar-refractivity contribution is -0.137. The quantitative estimate of drug-likeness (QED) is 0.705. The predicted octanol–water partition coefficient (Wildman–Crippen LogP) is 0.391. The number of sulfonamides is 1. The molecule has 2 amide bonds. The second kappa shape index (κ2) is 7.46. The van der Waals surface area contributed by atoms with Crippen LogP contribution in [0.3, 0.4) is 0 Å². The summed E-state index contributed by atoms with van der Waals surface area (Å²) in [6.07, 6.45) is 1.70. The zero-order chi connectivity index (χ0) is 19.9. The molecule has 0 bridgehead atoms. The average molecular weight is 407 g/mol. The minimum absolute atomic E-state index is 0.0344. The van der Waals surface area contributed by atoms with Gasteiger partial charge in [-0.3, -0.25) is 9.59 Å². The smallest absolute Gasteiger partial charge is 0.248 e. The van der Waals surface area contributed by atoms with E-state index in [0.29, 0.717) is 50.4 Å². The zero-order valence-electron chi connectivity index (χ0n) is 16.0. The van der Waals surface area contributed by atoms with Gasteiger partial charge < -0.3 is 14.5 Å². The number of piperazine rings is 1. The molecule has 0 aromatic heterocycles. The first kappa shape index (κ1) is 19.4. The van der Waals surface area contributed by atoms with Crippen molar-refractivity contribution < 1.29 is 22.7 Å². The van der Waals surface area contributed by atoms with Crippen molar-refractivity contribution in [2.75, 3.05) is 50.8 Å². The molecule has 0 N–H and O–H groups in total. The number of benzene rings is 1. The summed E-state index contributed by atoms with van der Waals surface area (Å²) >= 11 is 0. The number of amides is 2. The fourth-order valence-electron chi connectivity index (χ4n) is 4.18. The highest BCUT2D eigenvalue weighted by atomic mass is 32.2. The number of carbonyl (C=O) groups excluding carboxylic acids is 2. The Morgan fingerprint density at radius 1 is 1.04 bits per heavy atom. The number of rotatable bonds is 5. The van der Waals surface area contributed by atoms with Crippen molar-refractivity contribution in [3.8, 4) is 0 Å². The molecule has 3 aliphatic rings. The van der Waals surface area contributed by atoms with Crippen LogP contribution in [0.1, 0.15) is 24.5 Å². The number of aryl methyl sites for hydroxylation is 1. The summed E-state index contributed by atoms with van der Waals surface area (Å²) in [7, 11) is -3.63. The Bertz CT molecular complexity index is 906. The monoisotopic (exact) mass is 407 g/mol. The van der Waals surface area contributed by atoms with Crippen LogP contribution in [0.2, 0.25) is 0 Å². The molecule has 0 radical (unpaired) electrons. The summed E-state index contributed by atoms with van der Waals surface area (Å²) in [5, 5.41) is 0. The highest BCUT2D eigenvalue weighted by Gasteiger charge is 2.35. The lowest BCUT2D eigenvalue weighted by atomic mass is 10.00. The molecule has 28 heavy (non-hydrogen) atoms. The Morgan fingerprint density at radius 3 is 2.39 bits per heavy atom. The van der Waals surface area contributed by atoms with Crippen LogP contribution >= 0.6 is 0 Å². The maximum Gasteiger partial charge on any atom is 0.248 e. The van der Waals surface area contributed by atoms with Gasteiger partial charge in [-0.1, -0.05) is 0 Å². The number of hydrogen-bond acceptors (Lipinski definition) is 5. The van der Waals surface area contributed by atoms with E-state index < -0.39 is 10.0 Å². The van der Waals surface area contributed by atoms with Crippen molar-refractivity contribution >= 4 is 27.5 Å². The van der Waals surface area contributed by atoms with E-state index in [4.69, 9.17) is 4.74 Å². The van der Waals surface area contributed by atoms with E-state index in [1.807, 2.05) is 6.92 Å². The maximum absolute atomic E-state index is 13.2. The van der Waals surface area contributed by atoms with Crippen LogP contribution in [-0.2, 0) is 37.2 Å². The maximum atomic E-state index is 13.2. The number of nitrogens with zero attached hydrogens (tertiary/aromatic N) is 3. The Labute approximate surface area is 165 Å². The Morgan fingerprint density at radius 2 is 1.71 bits per heavy atom. The second-order valence-corrected chi connectivity index (χ2v) is 9.25. The zero-order valence-corrected chi connectivity index (χ0v) is 16.8. The van der Waals surface area contributed by atoms with Crippen molar-refractivity contribution in [2.45, 2.75) is 31.1 Å². The standard InChI is InChI=1S/C19H25N3O5S/c1-2-27-13-18(24)20-7-9-21(10-8-20)28(25,26)16-11-14-3-4-17(23)22-6-5-15(12-16)19(14)22/h11-12H,2-10,13H2,1H3. The fourth-order valence-corrected chi connectivity index (χ4v) is 5.71. The first-order valence-corrected chi connectivity index (χ1v) is 11.2. The normalized spacial score (nSPS) is 19.8. The highest BCUT2D eigenvalue weighted by molar-refractivity contribution is 7.89. The molecule has 152 valence electrons. The molecule has 0 saturated carbocycles. The summed E-state index contributed by atoms with van der Waals surface area (Å²) < 4.78 is 33.0. The summed E-state index contributed by atoms with van der Waals surface area (Å²) in [4.78, 5) is 27.9. The van der Waals surface area contributed by atoms with Crippen LogP contribution in [0.4, 0.5) is 5.69 Å². The molecule has 3 heterocycles. The molecule has 4 rings (SSSR count). The third-order valence-electron chi connectivity index (χ3n) is 5.68. The SMILES string of the molecule is CCOCC(=O)N1CCN(S(=O)(=O)c2cc3c4c(c2)CCN4C(=O)CC3)CC1. The first-order chi connectivity index (χ1) is 13.4. The van der Waals surface area contributed by atoms with E-state index in [0.717, 1.165) is 16.8 Å². The van der Waals surface area contributed by atoms with E-state index in [-0.39, 0.29) is 31.5 Å². The van der Waals surface area contributed by atoms with Gasteiger partial charge in [0.25, 0.3) is 0 Å². The van der Waals surface area contributed by atoms with Crippen molar-refractivity contribution in [3.63, 3.8) is 0 Å². The molecule has 3 aliphatic heterocycles. The van der Waals surface area contributed by atoms with Gasteiger partial charge in [0.05, 0.1) is 10.6 Å². The van der Waals surface area contributed by atoms with E-state index >= 15 is 0 Å². The molecule has 0 aliphatic carbocycles. The molecule has 1 aromatic carbocycles. The van der Waals surface area contributed by atoms with Crippen LogP contribution in [0.15, 0.2) is 17.0 Å². The van der Waals surface area contributed by atoms with E-state index in [1.165, 1.54) is 4.31 Å². The first-order valence-electron chi connectivity index (χ1n) is 9.73. The van der Waals surface area contributed by atoms with Gasteiger partial charge in [0, 0.05) is 45.8 Å².